The third kappa shape index (κ3) is 3.18. The number of hydrogen-bond acceptors (Lipinski definition) is 4. The summed E-state index contributed by atoms with van der Waals surface area (Å²) < 4.78 is 5.04. The van der Waals surface area contributed by atoms with Crippen molar-refractivity contribution in [2.24, 2.45) is 0 Å². The van der Waals surface area contributed by atoms with Crippen LogP contribution in [0.4, 0.5) is 5.69 Å². The summed E-state index contributed by atoms with van der Waals surface area (Å²) >= 11 is 0. The Hall–Kier alpha value is -1.13. The van der Waals surface area contributed by atoms with E-state index in [1.807, 2.05) is 6.07 Å². The maximum atomic E-state index is 9.20. The molecule has 0 saturated carbocycles. The summed E-state index contributed by atoms with van der Waals surface area (Å²) in [6, 6.07) is 1.84. The Morgan fingerprint density at radius 3 is 2.93 bits per heavy atom. The molecule has 0 fully saturated rings. The number of anilines is 1. The first-order valence-corrected chi connectivity index (χ1v) is 5.11. The zero-order chi connectivity index (χ0) is 11.1. The van der Waals surface area contributed by atoms with E-state index in [1.54, 1.807) is 19.5 Å². The quantitative estimate of drug-likeness (QED) is 0.762. The van der Waals surface area contributed by atoms with Crippen LogP contribution in [0.1, 0.15) is 12.5 Å². The number of pyridine rings is 1. The highest BCUT2D eigenvalue weighted by Gasteiger charge is 2.08. The fourth-order valence-corrected chi connectivity index (χ4v) is 1.48. The minimum absolute atomic E-state index is 0.0430. The van der Waals surface area contributed by atoms with E-state index in [9.17, 15) is 5.11 Å². The van der Waals surface area contributed by atoms with Crippen molar-refractivity contribution in [3.63, 3.8) is 0 Å². The van der Waals surface area contributed by atoms with Gasteiger partial charge in [0.2, 0.25) is 0 Å². The Morgan fingerprint density at radius 2 is 2.33 bits per heavy atom. The second kappa shape index (κ2) is 6.37. The van der Waals surface area contributed by atoms with E-state index < -0.39 is 0 Å². The van der Waals surface area contributed by atoms with Crippen molar-refractivity contribution >= 4 is 5.69 Å². The lowest BCUT2D eigenvalue weighted by Crippen LogP contribution is -2.27. The molecule has 0 aliphatic carbocycles. The van der Waals surface area contributed by atoms with E-state index in [-0.39, 0.29) is 6.61 Å². The molecule has 0 aliphatic heterocycles. The van der Waals surface area contributed by atoms with Crippen LogP contribution in [0.15, 0.2) is 18.5 Å². The molecule has 1 rings (SSSR count). The Morgan fingerprint density at radius 1 is 1.53 bits per heavy atom. The van der Waals surface area contributed by atoms with Gasteiger partial charge in [0.15, 0.2) is 0 Å². The van der Waals surface area contributed by atoms with E-state index >= 15 is 0 Å². The van der Waals surface area contributed by atoms with Gasteiger partial charge < -0.3 is 14.7 Å². The van der Waals surface area contributed by atoms with E-state index in [1.165, 1.54) is 0 Å². The fraction of sp³-hybridized carbons (Fsp3) is 0.545. The molecule has 0 aliphatic rings. The second-order valence-electron chi connectivity index (χ2n) is 3.23. The van der Waals surface area contributed by atoms with E-state index in [2.05, 4.69) is 16.8 Å². The van der Waals surface area contributed by atoms with E-state index in [0.717, 1.165) is 24.3 Å². The van der Waals surface area contributed by atoms with E-state index in [4.69, 9.17) is 4.74 Å². The number of aliphatic hydroxyl groups excluding tert-OH is 1. The van der Waals surface area contributed by atoms with Crippen molar-refractivity contribution in [1.82, 2.24) is 4.98 Å². The zero-order valence-electron chi connectivity index (χ0n) is 9.31. The fourth-order valence-electron chi connectivity index (χ4n) is 1.48. The van der Waals surface area contributed by atoms with Crippen molar-refractivity contribution in [2.75, 3.05) is 31.7 Å². The van der Waals surface area contributed by atoms with Crippen molar-refractivity contribution in [3.05, 3.63) is 24.0 Å². The van der Waals surface area contributed by atoms with Crippen molar-refractivity contribution in [3.8, 4) is 0 Å². The van der Waals surface area contributed by atoms with Crippen LogP contribution in [0.2, 0.25) is 0 Å². The number of ether oxygens (including phenoxy) is 1. The summed E-state index contributed by atoms with van der Waals surface area (Å²) in [4.78, 5) is 6.22. The van der Waals surface area contributed by atoms with Crippen LogP contribution in [-0.2, 0) is 11.3 Å². The smallest absolute Gasteiger partial charge is 0.0703 e. The number of hydrogen-bond donors (Lipinski definition) is 1. The molecule has 1 heterocycles. The van der Waals surface area contributed by atoms with Gasteiger partial charge in [-0.25, -0.2) is 0 Å². The first kappa shape index (κ1) is 11.9. The van der Waals surface area contributed by atoms with Crippen molar-refractivity contribution in [1.29, 1.82) is 0 Å². The summed E-state index contributed by atoms with van der Waals surface area (Å²) in [5.41, 5.74) is 1.89. The van der Waals surface area contributed by atoms with Gasteiger partial charge in [0.1, 0.15) is 0 Å². The molecular formula is C11H18N2O2. The summed E-state index contributed by atoms with van der Waals surface area (Å²) in [6.07, 6.45) is 3.48. The monoisotopic (exact) mass is 210 g/mol. The number of methoxy groups -OCH3 is 1. The van der Waals surface area contributed by atoms with Gasteiger partial charge in [-0.05, 0) is 13.0 Å². The molecule has 0 spiro atoms. The number of aromatic nitrogens is 1. The molecular weight excluding hydrogens is 192 g/mol. The van der Waals surface area contributed by atoms with Crippen LogP contribution in [0, 0.1) is 0 Å². The molecule has 1 aromatic rings. The van der Waals surface area contributed by atoms with Crippen LogP contribution in [0.5, 0.6) is 0 Å². The Kier molecular flexibility index (Phi) is 5.07. The van der Waals surface area contributed by atoms with Crippen LogP contribution in [0.25, 0.3) is 0 Å². The molecule has 0 amide bonds. The molecule has 4 nitrogen and oxygen atoms in total. The Labute approximate surface area is 90.5 Å². The van der Waals surface area contributed by atoms with Crippen molar-refractivity contribution in [2.45, 2.75) is 13.5 Å². The molecule has 0 aromatic carbocycles. The van der Waals surface area contributed by atoms with Gasteiger partial charge in [0.05, 0.1) is 25.1 Å². The molecule has 0 radical (unpaired) electrons. The highest BCUT2D eigenvalue weighted by atomic mass is 16.5. The molecule has 0 bridgehead atoms. The maximum Gasteiger partial charge on any atom is 0.0703 e. The number of nitrogens with zero attached hydrogens (tertiary/aromatic N) is 2. The molecule has 0 unspecified atom stereocenters. The molecule has 0 saturated heterocycles. The zero-order valence-corrected chi connectivity index (χ0v) is 9.31. The molecule has 1 N–H and O–H groups in total. The van der Waals surface area contributed by atoms with Crippen LogP contribution in [0.3, 0.4) is 0 Å². The van der Waals surface area contributed by atoms with Crippen LogP contribution < -0.4 is 4.90 Å². The highest BCUT2D eigenvalue weighted by molar-refractivity contribution is 5.51. The lowest BCUT2D eigenvalue weighted by molar-refractivity contribution is 0.205. The van der Waals surface area contributed by atoms with Gasteiger partial charge in [-0.2, -0.15) is 0 Å². The predicted octanol–water partition coefficient (Wildman–Crippen LogP) is 1.05. The topological polar surface area (TPSA) is 45.6 Å². The third-order valence-corrected chi connectivity index (χ3v) is 2.35. The Bertz CT molecular complexity index is 292. The summed E-state index contributed by atoms with van der Waals surface area (Å²) in [6.45, 7) is 4.48. The standard InChI is InChI=1S/C11H18N2O2/c1-3-13(6-7-15-2)11-8-12-5-4-10(11)9-14/h4-5,8,14H,3,6-7,9H2,1-2H3. The third-order valence-electron chi connectivity index (χ3n) is 2.35. The second-order valence-corrected chi connectivity index (χ2v) is 3.23. The average Bonchev–Trinajstić information content (AvgIpc) is 2.30. The lowest BCUT2D eigenvalue weighted by Gasteiger charge is -2.24. The van der Waals surface area contributed by atoms with Gasteiger partial charge in [-0.15, -0.1) is 0 Å². The number of aliphatic hydroxyl groups is 1. The summed E-state index contributed by atoms with van der Waals surface area (Å²) in [5, 5.41) is 9.20. The normalized spacial score (nSPS) is 10.3. The largest absolute Gasteiger partial charge is 0.392 e. The predicted molar refractivity (Wildman–Crippen MR) is 59.9 cm³/mol. The minimum Gasteiger partial charge on any atom is -0.392 e. The van der Waals surface area contributed by atoms with Crippen molar-refractivity contribution < 1.29 is 9.84 Å². The molecule has 0 atom stereocenters. The SMILES string of the molecule is CCN(CCOC)c1cnccc1CO. The van der Waals surface area contributed by atoms with Gasteiger partial charge in [-0.1, -0.05) is 0 Å². The number of rotatable bonds is 6. The summed E-state index contributed by atoms with van der Waals surface area (Å²) in [5.74, 6) is 0. The minimum atomic E-state index is 0.0430. The maximum absolute atomic E-state index is 9.20. The Balaban J connectivity index is 2.80. The first-order valence-electron chi connectivity index (χ1n) is 5.11. The molecule has 15 heavy (non-hydrogen) atoms. The lowest BCUT2D eigenvalue weighted by atomic mass is 10.2. The molecule has 1 aromatic heterocycles. The van der Waals surface area contributed by atoms with Crippen LogP contribution in [-0.4, -0.2) is 36.9 Å². The summed E-state index contributed by atoms with van der Waals surface area (Å²) in [7, 11) is 1.68. The average molecular weight is 210 g/mol. The highest BCUT2D eigenvalue weighted by Crippen LogP contribution is 2.18. The van der Waals surface area contributed by atoms with Gasteiger partial charge in [-0.3, -0.25) is 4.98 Å². The van der Waals surface area contributed by atoms with Gasteiger partial charge in [0, 0.05) is 32.0 Å². The van der Waals surface area contributed by atoms with Crippen LogP contribution >= 0.6 is 0 Å². The molecule has 4 heteroatoms. The number of likely N-dealkylation sites (N-methyl/N-ethyl adjacent to an activating group) is 1. The van der Waals surface area contributed by atoms with E-state index in [0.29, 0.717) is 6.61 Å². The first-order chi connectivity index (χ1) is 7.33. The van der Waals surface area contributed by atoms with Gasteiger partial charge in [0.25, 0.3) is 0 Å². The van der Waals surface area contributed by atoms with Gasteiger partial charge >= 0.3 is 0 Å². The molecule has 84 valence electrons.